The van der Waals surface area contributed by atoms with Crippen LogP contribution in [-0.2, 0) is 11.2 Å². The molecule has 0 amide bonds. The van der Waals surface area contributed by atoms with Crippen molar-refractivity contribution in [2.24, 2.45) is 0 Å². The number of hydrogen-bond acceptors (Lipinski definition) is 7. The Morgan fingerprint density at radius 1 is 1.44 bits per heavy atom. The van der Waals surface area contributed by atoms with E-state index in [9.17, 15) is 4.79 Å². The van der Waals surface area contributed by atoms with Crippen molar-refractivity contribution in [3.63, 3.8) is 0 Å². The normalized spacial score (nSPS) is 11.4. The van der Waals surface area contributed by atoms with E-state index in [1.807, 2.05) is 19.2 Å². The number of carbonyl (C=O) groups excluding carboxylic acids is 1. The highest BCUT2D eigenvalue weighted by molar-refractivity contribution is 5.69. The predicted octanol–water partition coefficient (Wildman–Crippen LogP) is 2.32. The van der Waals surface area contributed by atoms with Gasteiger partial charge in [-0.2, -0.15) is 10.2 Å². The molecule has 0 radical (unpaired) electrons. The number of aromatic nitrogens is 2. The maximum atomic E-state index is 11.6. The zero-order valence-corrected chi connectivity index (χ0v) is 14.4. The van der Waals surface area contributed by atoms with Crippen LogP contribution in [0.2, 0.25) is 0 Å². The number of rotatable bonds is 8. The first-order chi connectivity index (χ1) is 12.1. The van der Waals surface area contributed by atoms with E-state index >= 15 is 0 Å². The quantitative estimate of drug-likeness (QED) is 0.632. The summed E-state index contributed by atoms with van der Waals surface area (Å²) in [6, 6.07) is 8.05. The Balaban J connectivity index is 2.07. The molecule has 1 aromatic heterocycles. The Hall–Kier alpha value is -3.14. The minimum Gasteiger partial charge on any atom is -0.388 e. The van der Waals surface area contributed by atoms with Crippen LogP contribution in [0.25, 0.3) is 0 Å². The number of carbonyl (C=O) groups is 1. The number of benzene rings is 1. The number of nitriles is 1. The first-order valence-corrected chi connectivity index (χ1v) is 8.15. The molecular weight excluding hydrogens is 316 g/mol. The largest absolute Gasteiger partial charge is 0.388 e. The Kier molecular flexibility index (Phi) is 6.29. The van der Waals surface area contributed by atoms with Gasteiger partial charge in [-0.15, -0.1) is 0 Å². The molecule has 2 rings (SSSR count). The fourth-order valence-electron chi connectivity index (χ4n) is 2.57. The van der Waals surface area contributed by atoms with Gasteiger partial charge in [0.15, 0.2) is 0 Å². The molecule has 4 N–H and O–H groups in total. The zero-order valence-electron chi connectivity index (χ0n) is 14.4. The zero-order chi connectivity index (χ0) is 18.2. The number of nitrogens with zero attached hydrogens (tertiary/aromatic N) is 3. The standard InChI is InChI=1S/C18H22N6O/c1-3-12-4-5-16(21-2)15(8-12)13(11-25)6-7-22-18-23-10-14(9-19)17(20)24-18/h4-5,8,10-11,13,21H,3,6-7H2,1-2H3,(H3,20,22,23,24). The van der Waals surface area contributed by atoms with Gasteiger partial charge in [-0.1, -0.05) is 19.1 Å². The summed E-state index contributed by atoms with van der Waals surface area (Å²) in [6.07, 6.45) is 3.85. The lowest BCUT2D eigenvalue weighted by Gasteiger charge is -2.17. The molecule has 1 aromatic carbocycles. The average Bonchev–Trinajstić information content (AvgIpc) is 2.65. The molecule has 0 spiro atoms. The Bertz CT molecular complexity index is 784. The van der Waals surface area contributed by atoms with Crippen molar-refractivity contribution < 1.29 is 4.79 Å². The fraction of sp³-hybridized carbons (Fsp3) is 0.333. The van der Waals surface area contributed by atoms with Crippen molar-refractivity contribution in [1.29, 1.82) is 5.26 Å². The molecular formula is C18H22N6O. The van der Waals surface area contributed by atoms with Gasteiger partial charge in [0, 0.05) is 25.2 Å². The van der Waals surface area contributed by atoms with Crippen LogP contribution in [0, 0.1) is 11.3 Å². The average molecular weight is 338 g/mol. The van der Waals surface area contributed by atoms with Crippen molar-refractivity contribution in [2.45, 2.75) is 25.7 Å². The van der Waals surface area contributed by atoms with Crippen molar-refractivity contribution in [2.75, 3.05) is 30.0 Å². The van der Waals surface area contributed by atoms with Crippen LogP contribution in [-0.4, -0.2) is 29.8 Å². The SMILES string of the molecule is CCc1ccc(NC)c(C(C=O)CCNc2ncc(C#N)c(N)n2)c1. The third kappa shape index (κ3) is 4.44. The number of nitrogen functional groups attached to an aromatic ring is 1. The van der Waals surface area contributed by atoms with E-state index in [0.29, 0.717) is 18.9 Å². The maximum absolute atomic E-state index is 11.6. The van der Waals surface area contributed by atoms with E-state index in [-0.39, 0.29) is 17.3 Å². The minimum absolute atomic E-state index is 0.139. The lowest BCUT2D eigenvalue weighted by Crippen LogP contribution is -2.13. The summed E-state index contributed by atoms with van der Waals surface area (Å²) < 4.78 is 0. The van der Waals surface area contributed by atoms with Gasteiger partial charge in [0.25, 0.3) is 0 Å². The highest BCUT2D eigenvalue weighted by Crippen LogP contribution is 2.27. The third-order valence-electron chi connectivity index (χ3n) is 4.03. The van der Waals surface area contributed by atoms with E-state index in [4.69, 9.17) is 11.0 Å². The number of hydrogen-bond donors (Lipinski definition) is 3. The number of nitrogens with one attached hydrogen (secondary N) is 2. The first-order valence-electron chi connectivity index (χ1n) is 8.15. The van der Waals surface area contributed by atoms with Gasteiger partial charge in [-0.05, 0) is 30.0 Å². The summed E-state index contributed by atoms with van der Waals surface area (Å²) in [7, 11) is 1.85. The second kappa shape index (κ2) is 8.64. The molecule has 25 heavy (non-hydrogen) atoms. The molecule has 1 unspecified atom stereocenters. The van der Waals surface area contributed by atoms with Gasteiger partial charge >= 0.3 is 0 Å². The summed E-state index contributed by atoms with van der Waals surface area (Å²) in [6.45, 7) is 2.59. The third-order valence-corrected chi connectivity index (χ3v) is 4.03. The van der Waals surface area contributed by atoms with Crippen LogP contribution in [0.3, 0.4) is 0 Å². The molecule has 7 nitrogen and oxygen atoms in total. The van der Waals surface area contributed by atoms with Crippen LogP contribution >= 0.6 is 0 Å². The van der Waals surface area contributed by atoms with Gasteiger partial charge in [0.05, 0.1) is 6.20 Å². The summed E-state index contributed by atoms with van der Waals surface area (Å²) in [5, 5.41) is 15.0. The van der Waals surface area contributed by atoms with E-state index < -0.39 is 0 Å². The molecule has 0 aliphatic carbocycles. The van der Waals surface area contributed by atoms with Crippen LogP contribution in [0.1, 0.15) is 36.0 Å². The lowest BCUT2D eigenvalue weighted by atomic mass is 9.93. The molecule has 0 saturated carbocycles. The van der Waals surface area contributed by atoms with E-state index in [1.165, 1.54) is 11.8 Å². The van der Waals surface area contributed by atoms with Crippen molar-refractivity contribution in [1.82, 2.24) is 9.97 Å². The van der Waals surface area contributed by atoms with Crippen molar-refractivity contribution in [3.05, 3.63) is 41.1 Å². The minimum atomic E-state index is -0.239. The molecule has 0 aliphatic rings. The Morgan fingerprint density at radius 2 is 2.24 bits per heavy atom. The number of anilines is 3. The number of aryl methyl sites for hydroxylation is 1. The Labute approximate surface area is 147 Å². The molecule has 130 valence electrons. The molecule has 0 fully saturated rings. The summed E-state index contributed by atoms with van der Waals surface area (Å²) in [5.74, 6) is 0.245. The highest BCUT2D eigenvalue weighted by Gasteiger charge is 2.15. The summed E-state index contributed by atoms with van der Waals surface area (Å²) in [5.41, 5.74) is 9.04. The summed E-state index contributed by atoms with van der Waals surface area (Å²) in [4.78, 5) is 19.7. The van der Waals surface area contributed by atoms with Crippen LogP contribution in [0.5, 0.6) is 0 Å². The molecule has 0 saturated heterocycles. The molecule has 1 heterocycles. The van der Waals surface area contributed by atoms with E-state index in [1.54, 1.807) is 0 Å². The molecule has 7 heteroatoms. The van der Waals surface area contributed by atoms with Crippen LogP contribution < -0.4 is 16.4 Å². The second-order valence-electron chi connectivity index (χ2n) is 5.59. The first kappa shape index (κ1) is 18.2. The van der Waals surface area contributed by atoms with Crippen molar-refractivity contribution in [3.8, 4) is 6.07 Å². The van der Waals surface area contributed by atoms with Gasteiger partial charge < -0.3 is 21.2 Å². The fourth-order valence-corrected chi connectivity index (χ4v) is 2.57. The smallest absolute Gasteiger partial charge is 0.224 e. The number of nitrogens with two attached hydrogens (primary N) is 1. The predicted molar refractivity (Wildman–Crippen MR) is 98.4 cm³/mol. The lowest BCUT2D eigenvalue weighted by molar-refractivity contribution is -0.109. The molecule has 1 atom stereocenters. The summed E-state index contributed by atoms with van der Waals surface area (Å²) >= 11 is 0. The highest BCUT2D eigenvalue weighted by atomic mass is 16.1. The van der Waals surface area contributed by atoms with E-state index in [2.05, 4.69) is 39.7 Å². The van der Waals surface area contributed by atoms with Crippen LogP contribution in [0.4, 0.5) is 17.5 Å². The molecule has 2 aromatic rings. The van der Waals surface area contributed by atoms with Gasteiger partial charge in [-0.25, -0.2) is 4.98 Å². The van der Waals surface area contributed by atoms with E-state index in [0.717, 1.165) is 24.0 Å². The Morgan fingerprint density at radius 3 is 2.84 bits per heavy atom. The molecule has 0 aliphatic heterocycles. The maximum Gasteiger partial charge on any atom is 0.224 e. The van der Waals surface area contributed by atoms with Gasteiger partial charge in [-0.3, -0.25) is 0 Å². The van der Waals surface area contributed by atoms with Gasteiger partial charge in [0.2, 0.25) is 5.95 Å². The molecule has 0 bridgehead atoms. The van der Waals surface area contributed by atoms with Crippen molar-refractivity contribution >= 4 is 23.7 Å². The second-order valence-corrected chi connectivity index (χ2v) is 5.59. The monoisotopic (exact) mass is 338 g/mol. The van der Waals surface area contributed by atoms with Crippen LogP contribution in [0.15, 0.2) is 24.4 Å². The van der Waals surface area contributed by atoms with Gasteiger partial charge in [0.1, 0.15) is 23.7 Å². The topological polar surface area (TPSA) is 117 Å². The number of aldehydes is 1.